The maximum atomic E-state index is 11.4. The lowest BCUT2D eigenvalue weighted by Gasteiger charge is -2.08. The van der Waals surface area contributed by atoms with Crippen LogP contribution < -0.4 is 5.56 Å². The van der Waals surface area contributed by atoms with Gasteiger partial charge in [0.1, 0.15) is 0 Å². The van der Waals surface area contributed by atoms with E-state index in [-0.39, 0.29) is 5.56 Å². The van der Waals surface area contributed by atoms with E-state index in [0.29, 0.717) is 12.0 Å². The summed E-state index contributed by atoms with van der Waals surface area (Å²) >= 11 is 0. The van der Waals surface area contributed by atoms with Gasteiger partial charge in [-0.3, -0.25) is 4.79 Å². The molecule has 2 aromatic rings. The summed E-state index contributed by atoms with van der Waals surface area (Å²) < 4.78 is 2.21. The van der Waals surface area contributed by atoms with Crippen LogP contribution in [-0.4, -0.2) is 9.55 Å². The van der Waals surface area contributed by atoms with Gasteiger partial charge in [0, 0.05) is 18.3 Å². The quantitative estimate of drug-likeness (QED) is 0.826. The van der Waals surface area contributed by atoms with Crippen molar-refractivity contribution >= 4 is 11.0 Å². The normalized spacial score (nSPS) is 11.9. The smallest absolute Gasteiger partial charge is 0.248 e. The molecule has 3 heteroatoms. The number of aromatic nitrogens is 2. The van der Waals surface area contributed by atoms with E-state index < -0.39 is 0 Å². The van der Waals surface area contributed by atoms with Crippen molar-refractivity contribution in [3.8, 4) is 0 Å². The molecule has 0 fully saturated rings. The molecule has 0 amide bonds. The molecule has 2 rings (SSSR count). The first kappa shape index (κ1) is 11.0. The van der Waals surface area contributed by atoms with Crippen LogP contribution in [0.25, 0.3) is 11.0 Å². The molecular weight excluding hydrogens is 200 g/mol. The van der Waals surface area contributed by atoms with Gasteiger partial charge in [-0.15, -0.1) is 0 Å². The lowest BCUT2D eigenvalue weighted by Crippen LogP contribution is -2.04. The number of hydrogen-bond donors (Lipinski definition) is 1. The van der Waals surface area contributed by atoms with Crippen molar-refractivity contribution in [3.63, 3.8) is 0 Å². The summed E-state index contributed by atoms with van der Waals surface area (Å²) in [6.45, 7) is 8.58. The van der Waals surface area contributed by atoms with Gasteiger partial charge >= 0.3 is 0 Å². The number of fused-ring (bicyclic) bond motifs is 1. The summed E-state index contributed by atoms with van der Waals surface area (Å²) in [7, 11) is 0. The largest absolute Gasteiger partial charge is 0.343 e. The lowest BCUT2D eigenvalue weighted by molar-refractivity contribution is 0.619. The zero-order valence-corrected chi connectivity index (χ0v) is 10.2. The van der Waals surface area contributed by atoms with Crippen LogP contribution in [0.15, 0.2) is 23.1 Å². The predicted octanol–water partition coefficient (Wildman–Crippen LogP) is 3.03. The molecule has 16 heavy (non-hydrogen) atoms. The molecule has 0 spiro atoms. The monoisotopic (exact) mass is 218 g/mol. The fourth-order valence-corrected chi connectivity index (χ4v) is 2.05. The van der Waals surface area contributed by atoms with Crippen molar-refractivity contribution < 1.29 is 0 Å². The maximum absolute atomic E-state index is 11.4. The zero-order valence-electron chi connectivity index (χ0n) is 10.2. The summed E-state index contributed by atoms with van der Waals surface area (Å²) in [6, 6.07) is 3.90. The third-order valence-corrected chi connectivity index (χ3v) is 2.92. The number of rotatable bonds is 2. The Hall–Kier alpha value is -1.51. The van der Waals surface area contributed by atoms with Crippen LogP contribution in [0.4, 0.5) is 0 Å². The molecule has 0 saturated heterocycles. The molecule has 0 aromatic carbocycles. The highest BCUT2D eigenvalue weighted by atomic mass is 16.1. The number of H-pyrrole nitrogens is 1. The third kappa shape index (κ3) is 1.66. The van der Waals surface area contributed by atoms with Crippen LogP contribution in [0.3, 0.4) is 0 Å². The summed E-state index contributed by atoms with van der Waals surface area (Å²) in [6.07, 6.45) is 2.15. The zero-order chi connectivity index (χ0) is 11.9. The molecule has 3 nitrogen and oxygen atoms in total. The Kier molecular flexibility index (Phi) is 2.62. The molecular formula is C13H18N2O. The third-order valence-electron chi connectivity index (χ3n) is 2.92. The Bertz CT molecular complexity index is 561. The van der Waals surface area contributed by atoms with Crippen LogP contribution in [0, 0.1) is 0 Å². The van der Waals surface area contributed by atoms with Gasteiger partial charge < -0.3 is 9.55 Å². The molecule has 0 aliphatic carbocycles. The van der Waals surface area contributed by atoms with E-state index >= 15 is 0 Å². The second-order valence-electron chi connectivity index (χ2n) is 4.82. The lowest BCUT2D eigenvalue weighted by atomic mass is 10.1. The Morgan fingerprint density at radius 2 is 1.88 bits per heavy atom. The molecule has 0 atom stereocenters. The van der Waals surface area contributed by atoms with E-state index in [2.05, 4.69) is 43.4 Å². The van der Waals surface area contributed by atoms with Gasteiger partial charge in [-0.05, 0) is 31.4 Å². The van der Waals surface area contributed by atoms with Gasteiger partial charge in [0.25, 0.3) is 0 Å². The molecule has 2 aromatic heterocycles. The minimum atomic E-state index is -0.0316. The van der Waals surface area contributed by atoms with Gasteiger partial charge in [0.15, 0.2) is 0 Å². The molecule has 0 radical (unpaired) electrons. The van der Waals surface area contributed by atoms with E-state index in [1.165, 1.54) is 5.56 Å². The number of nitrogens with one attached hydrogen (secondary N) is 1. The highest BCUT2D eigenvalue weighted by Crippen LogP contribution is 2.27. The van der Waals surface area contributed by atoms with Crippen LogP contribution in [0.2, 0.25) is 0 Å². The fraction of sp³-hybridized carbons (Fsp3) is 0.462. The van der Waals surface area contributed by atoms with E-state index in [9.17, 15) is 4.79 Å². The Morgan fingerprint density at radius 3 is 2.44 bits per heavy atom. The van der Waals surface area contributed by atoms with Crippen molar-refractivity contribution in [3.05, 3.63) is 34.2 Å². The van der Waals surface area contributed by atoms with Crippen molar-refractivity contribution in [2.24, 2.45) is 0 Å². The standard InChI is InChI=1S/C13H18N2O/c1-8(2)10-7-15(9(3)4)11-5-6-12(16)14-13(10)11/h5-9H,1-4H3,(H,14,16). The Balaban J connectivity index is 2.81. The van der Waals surface area contributed by atoms with Gasteiger partial charge in [-0.1, -0.05) is 13.8 Å². The minimum Gasteiger partial charge on any atom is -0.343 e. The molecule has 0 unspecified atom stereocenters. The van der Waals surface area contributed by atoms with Crippen molar-refractivity contribution in [1.82, 2.24) is 9.55 Å². The first-order chi connectivity index (χ1) is 7.50. The fourth-order valence-electron chi connectivity index (χ4n) is 2.05. The van der Waals surface area contributed by atoms with Crippen molar-refractivity contribution in [2.75, 3.05) is 0 Å². The van der Waals surface area contributed by atoms with Crippen LogP contribution in [0.1, 0.15) is 45.2 Å². The van der Waals surface area contributed by atoms with E-state index in [0.717, 1.165) is 11.0 Å². The van der Waals surface area contributed by atoms with Gasteiger partial charge in [-0.2, -0.15) is 0 Å². The van der Waals surface area contributed by atoms with E-state index in [1.54, 1.807) is 6.07 Å². The number of nitrogens with zero attached hydrogens (tertiary/aromatic N) is 1. The average Bonchev–Trinajstić information content (AvgIpc) is 2.56. The molecule has 0 aliphatic rings. The summed E-state index contributed by atoms with van der Waals surface area (Å²) in [5.74, 6) is 0.417. The van der Waals surface area contributed by atoms with Gasteiger partial charge in [0.05, 0.1) is 11.0 Å². The van der Waals surface area contributed by atoms with Crippen molar-refractivity contribution in [1.29, 1.82) is 0 Å². The van der Waals surface area contributed by atoms with Crippen LogP contribution in [0.5, 0.6) is 0 Å². The molecule has 0 saturated carbocycles. The van der Waals surface area contributed by atoms with Crippen molar-refractivity contribution in [2.45, 2.75) is 39.7 Å². The van der Waals surface area contributed by atoms with Gasteiger partial charge in [0.2, 0.25) is 5.56 Å². The number of aromatic amines is 1. The summed E-state index contributed by atoms with van der Waals surface area (Å²) in [5, 5.41) is 0. The Morgan fingerprint density at radius 1 is 1.19 bits per heavy atom. The summed E-state index contributed by atoms with van der Waals surface area (Å²) in [5.41, 5.74) is 3.27. The highest BCUT2D eigenvalue weighted by Gasteiger charge is 2.13. The number of pyridine rings is 1. The Labute approximate surface area is 95.1 Å². The number of hydrogen-bond acceptors (Lipinski definition) is 1. The minimum absolute atomic E-state index is 0.0316. The highest BCUT2D eigenvalue weighted by molar-refractivity contribution is 5.80. The molecule has 0 bridgehead atoms. The first-order valence-electron chi connectivity index (χ1n) is 5.74. The molecule has 86 valence electrons. The predicted molar refractivity (Wildman–Crippen MR) is 67.0 cm³/mol. The van der Waals surface area contributed by atoms with Gasteiger partial charge in [-0.25, -0.2) is 0 Å². The first-order valence-corrected chi connectivity index (χ1v) is 5.74. The second-order valence-corrected chi connectivity index (χ2v) is 4.82. The second kappa shape index (κ2) is 3.81. The maximum Gasteiger partial charge on any atom is 0.248 e. The average molecular weight is 218 g/mol. The van der Waals surface area contributed by atoms with E-state index in [4.69, 9.17) is 0 Å². The summed E-state index contributed by atoms with van der Waals surface area (Å²) in [4.78, 5) is 14.3. The topological polar surface area (TPSA) is 37.8 Å². The van der Waals surface area contributed by atoms with Crippen LogP contribution in [-0.2, 0) is 0 Å². The van der Waals surface area contributed by atoms with E-state index in [1.807, 2.05) is 6.07 Å². The SMILES string of the molecule is CC(C)c1cn(C(C)C)c2ccc(=O)[nH]c12. The van der Waals surface area contributed by atoms with Crippen LogP contribution >= 0.6 is 0 Å². The molecule has 1 N–H and O–H groups in total. The molecule has 2 heterocycles. The molecule has 0 aliphatic heterocycles.